The van der Waals surface area contributed by atoms with Crippen LogP contribution in [0.3, 0.4) is 0 Å². The fraction of sp³-hybridized carbons (Fsp3) is 0.300. The number of ether oxygens (including phenoxy) is 1. The Morgan fingerprint density at radius 1 is 1.00 bits per heavy atom. The number of esters is 1. The van der Waals surface area contributed by atoms with E-state index in [4.69, 9.17) is 27.9 Å². The zero-order chi connectivity index (χ0) is 19.4. The Hall–Kier alpha value is -2.08. The van der Waals surface area contributed by atoms with Crippen molar-refractivity contribution in [3.63, 3.8) is 0 Å². The van der Waals surface area contributed by atoms with E-state index in [1.165, 1.54) is 7.11 Å². The molecule has 7 heteroatoms. The molecule has 0 radical (unpaired) electrons. The Bertz CT molecular complexity index is 849. The van der Waals surface area contributed by atoms with Crippen molar-refractivity contribution in [2.45, 2.75) is 6.54 Å². The van der Waals surface area contributed by atoms with Crippen molar-refractivity contribution in [1.82, 2.24) is 9.80 Å². The maximum absolute atomic E-state index is 12.7. The van der Waals surface area contributed by atoms with E-state index in [-0.39, 0.29) is 5.91 Å². The highest BCUT2D eigenvalue weighted by Crippen LogP contribution is 2.26. The minimum absolute atomic E-state index is 0.0822. The van der Waals surface area contributed by atoms with Gasteiger partial charge in [0.1, 0.15) is 0 Å². The molecule has 5 nitrogen and oxygen atoms in total. The third kappa shape index (κ3) is 4.61. The van der Waals surface area contributed by atoms with Gasteiger partial charge in [0.25, 0.3) is 5.91 Å². The van der Waals surface area contributed by atoms with Crippen molar-refractivity contribution < 1.29 is 14.3 Å². The van der Waals surface area contributed by atoms with E-state index in [9.17, 15) is 9.59 Å². The molecular weight excluding hydrogens is 387 g/mol. The van der Waals surface area contributed by atoms with Crippen LogP contribution in [-0.2, 0) is 11.3 Å². The number of rotatable bonds is 4. The number of amides is 1. The second kappa shape index (κ2) is 8.74. The molecule has 1 fully saturated rings. The van der Waals surface area contributed by atoms with Crippen LogP contribution in [0.2, 0.25) is 10.0 Å². The largest absolute Gasteiger partial charge is 0.465 e. The first-order valence-corrected chi connectivity index (χ1v) is 9.38. The minimum Gasteiger partial charge on any atom is -0.465 e. The third-order valence-corrected chi connectivity index (χ3v) is 5.47. The SMILES string of the molecule is COC(=O)c1cccc(C(=O)N2CCN(Cc3cccc(Cl)c3Cl)CC2)c1. The number of piperazine rings is 1. The molecule has 0 saturated carbocycles. The fourth-order valence-electron chi connectivity index (χ4n) is 3.10. The molecule has 0 unspecified atom stereocenters. The van der Waals surface area contributed by atoms with E-state index in [1.807, 2.05) is 12.1 Å². The van der Waals surface area contributed by atoms with E-state index in [1.54, 1.807) is 35.2 Å². The predicted octanol–water partition coefficient (Wildman–Crippen LogP) is 3.74. The van der Waals surface area contributed by atoms with Crippen LogP contribution in [0.4, 0.5) is 0 Å². The van der Waals surface area contributed by atoms with Crippen LogP contribution in [0.1, 0.15) is 26.3 Å². The monoisotopic (exact) mass is 406 g/mol. The molecule has 1 amide bonds. The minimum atomic E-state index is -0.451. The Labute approximate surface area is 168 Å². The molecule has 1 aliphatic rings. The summed E-state index contributed by atoms with van der Waals surface area (Å²) in [5, 5.41) is 1.13. The van der Waals surface area contributed by atoms with E-state index >= 15 is 0 Å². The summed E-state index contributed by atoms with van der Waals surface area (Å²) in [5.74, 6) is -0.533. The molecule has 27 heavy (non-hydrogen) atoms. The van der Waals surface area contributed by atoms with E-state index < -0.39 is 5.97 Å². The van der Waals surface area contributed by atoms with Crippen LogP contribution in [0.5, 0.6) is 0 Å². The van der Waals surface area contributed by atoms with Gasteiger partial charge in [-0.25, -0.2) is 4.79 Å². The summed E-state index contributed by atoms with van der Waals surface area (Å²) in [5.41, 5.74) is 1.84. The van der Waals surface area contributed by atoms with Crippen molar-refractivity contribution in [1.29, 1.82) is 0 Å². The average Bonchev–Trinajstić information content (AvgIpc) is 2.71. The van der Waals surface area contributed by atoms with Gasteiger partial charge in [-0.05, 0) is 29.8 Å². The highest BCUT2D eigenvalue weighted by molar-refractivity contribution is 6.42. The second-order valence-electron chi connectivity index (χ2n) is 6.35. The van der Waals surface area contributed by atoms with Gasteiger partial charge in [0.05, 0.1) is 22.7 Å². The first-order valence-electron chi connectivity index (χ1n) is 8.62. The van der Waals surface area contributed by atoms with Gasteiger partial charge in [0.2, 0.25) is 0 Å². The lowest BCUT2D eigenvalue weighted by molar-refractivity contribution is 0.0600. The van der Waals surface area contributed by atoms with Gasteiger partial charge in [0, 0.05) is 38.3 Å². The molecule has 2 aromatic rings. The molecule has 0 bridgehead atoms. The zero-order valence-corrected chi connectivity index (χ0v) is 16.5. The van der Waals surface area contributed by atoms with Gasteiger partial charge in [0.15, 0.2) is 0 Å². The maximum Gasteiger partial charge on any atom is 0.337 e. The van der Waals surface area contributed by atoms with Crippen LogP contribution in [0.25, 0.3) is 0 Å². The molecule has 3 rings (SSSR count). The van der Waals surface area contributed by atoms with Crippen molar-refractivity contribution in [3.05, 3.63) is 69.2 Å². The van der Waals surface area contributed by atoms with Crippen LogP contribution in [0.15, 0.2) is 42.5 Å². The van der Waals surface area contributed by atoms with Crippen LogP contribution >= 0.6 is 23.2 Å². The number of hydrogen-bond donors (Lipinski definition) is 0. The second-order valence-corrected chi connectivity index (χ2v) is 7.14. The summed E-state index contributed by atoms with van der Waals surface area (Å²) in [7, 11) is 1.32. The average molecular weight is 407 g/mol. The molecule has 1 saturated heterocycles. The molecule has 0 aromatic heterocycles. The summed E-state index contributed by atoms with van der Waals surface area (Å²) in [6.07, 6.45) is 0. The Kier molecular flexibility index (Phi) is 6.37. The summed E-state index contributed by atoms with van der Waals surface area (Å²) in [4.78, 5) is 28.4. The number of carbonyl (C=O) groups is 2. The molecule has 2 aromatic carbocycles. The number of carbonyl (C=O) groups excluding carboxylic acids is 2. The zero-order valence-electron chi connectivity index (χ0n) is 15.0. The lowest BCUT2D eigenvalue weighted by Gasteiger charge is -2.35. The molecule has 0 N–H and O–H groups in total. The Morgan fingerprint density at radius 2 is 1.67 bits per heavy atom. The standard InChI is InChI=1S/C20H20Cl2N2O3/c1-27-20(26)15-5-2-4-14(12-15)19(25)24-10-8-23(9-11-24)13-16-6-3-7-17(21)18(16)22/h2-7,12H,8-11,13H2,1H3. The summed E-state index contributed by atoms with van der Waals surface area (Å²) in [6.45, 7) is 3.40. The summed E-state index contributed by atoms with van der Waals surface area (Å²) < 4.78 is 4.71. The van der Waals surface area contributed by atoms with Crippen molar-refractivity contribution in [3.8, 4) is 0 Å². The maximum atomic E-state index is 12.7. The summed E-state index contributed by atoms with van der Waals surface area (Å²) in [6, 6.07) is 12.2. The molecule has 1 aliphatic heterocycles. The third-order valence-electron chi connectivity index (χ3n) is 4.62. The van der Waals surface area contributed by atoms with Gasteiger partial charge in [-0.3, -0.25) is 9.69 Å². The highest BCUT2D eigenvalue weighted by Gasteiger charge is 2.23. The molecule has 0 atom stereocenters. The van der Waals surface area contributed by atoms with Gasteiger partial charge in [-0.15, -0.1) is 0 Å². The Balaban J connectivity index is 1.61. The van der Waals surface area contributed by atoms with Gasteiger partial charge in [-0.1, -0.05) is 41.4 Å². The van der Waals surface area contributed by atoms with Crippen LogP contribution in [-0.4, -0.2) is 55.0 Å². The highest BCUT2D eigenvalue weighted by atomic mass is 35.5. The molecule has 0 spiro atoms. The number of methoxy groups -OCH3 is 1. The van der Waals surface area contributed by atoms with Gasteiger partial charge in [-0.2, -0.15) is 0 Å². The van der Waals surface area contributed by atoms with Gasteiger partial charge < -0.3 is 9.64 Å². The quantitative estimate of drug-likeness (QED) is 0.725. The molecule has 0 aliphatic carbocycles. The van der Waals surface area contributed by atoms with Crippen LogP contribution < -0.4 is 0 Å². The smallest absolute Gasteiger partial charge is 0.337 e. The lowest BCUT2D eigenvalue weighted by atomic mass is 10.1. The van der Waals surface area contributed by atoms with E-state index in [0.717, 1.165) is 18.7 Å². The summed E-state index contributed by atoms with van der Waals surface area (Å²) >= 11 is 12.3. The van der Waals surface area contributed by atoms with Crippen molar-refractivity contribution >= 4 is 35.1 Å². The molecule has 142 valence electrons. The number of halogens is 2. The van der Waals surface area contributed by atoms with Crippen LogP contribution in [0, 0.1) is 0 Å². The number of benzene rings is 2. The number of nitrogens with zero attached hydrogens (tertiary/aromatic N) is 2. The van der Waals surface area contributed by atoms with Crippen molar-refractivity contribution in [2.24, 2.45) is 0 Å². The predicted molar refractivity (Wildman–Crippen MR) is 105 cm³/mol. The van der Waals surface area contributed by atoms with Crippen molar-refractivity contribution in [2.75, 3.05) is 33.3 Å². The topological polar surface area (TPSA) is 49.9 Å². The lowest BCUT2D eigenvalue weighted by Crippen LogP contribution is -2.48. The Morgan fingerprint density at radius 3 is 2.37 bits per heavy atom. The normalized spacial score (nSPS) is 14.9. The fourth-order valence-corrected chi connectivity index (χ4v) is 3.48. The van der Waals surface area contributed by atoms with Gasteiger partial charge >= 0.3 is 5.97 Å². The first kappa shape index (κ1) is 19.7. The van der Waals surface area contributed by atoms with E-state index in [0.29, 0.717) is 40.8 Å². The molecular formula is C20H20Cl2N2O3. The molecule has 1 heterocycles. The first-order chi connectivity index (χ1) is 13.0. The number of hydrogen-bond acceptors (Lipinski definition) is 4. The van der Waals surface area contributed by atoms with E-state index in [2.05, 4.69) is 4.90 Å².